The number of benzene rings is 4. The van der Waals surface area contributed by atoms with Crippen molar-refractivity contribution in [3.63, 3.8) is 0 Å². The molecule has 9 rings (SSSR count). The molecule has 4 nitrogen and oxygen atoms in total. The SMILES string of the molecule is CC[Si](C#Cc1cccc(-c2c3nc(c(-c4cccc(C#C[Si](CC)(CC)CC)c4)c4ccc([nH]4)c(-c4cccc(C#C[Si](CC)(CC)CC)c4)c4nc(c(-c5cccc(C#C[Si](CC)(CC)CC)c5)c5ccc2[nH]5)C=C4)C=C3)c1)(CC)CC. The van der Waals surface area contributed by atoms with Gasteiger partial charge in [-0.15, -0.1) is 22.2 Å². The van der Waals surface area contributed by atoms with Gasteiger partial charge in [0, 0.05) is 66.6 Å². The summed E-state index contributed by atoms with van der Waals surface area (Å²) in [5.74, 6) is 14.8. The summed E-state index contributed by atoms with van der Waals surface area (Å²) in [6, 6.07) is 57.9. The van der Waals surface area contributed by atoms with Gasteiger partial charge in [0.15, 0.2) is 0 Å². The predicted octanol–water partition coefficient (Wildman–Crippen LogP) is 20.9. The van der Waals surface area contributed by atoms with Crippen molar-refractivity contribution < 1.29 is 0 Å². The van der Waals surface area contributed by atoms with Crippen LogP contribution in [0.15, 0.2) is 121 Å². The van der Waals surface area contributed by atoms with Crippen LogP contribution in [0.3, 0.4) is 0 Å². The number of nitrogens with one attached hydrogen (secondary N) is 2. The van der Waals surface area contributed by atoms with Crippen LogP contribution < -0.4 is 0 Å². The Morgan fingerprint density at radius 2 is 0.488 bits per heavy atom. The lowest BCUT2D eigenvalue weighted by Crippen LogP contribution is -2.29. The largest absolute Gasteiger partial charge is 0.354 e. The minimum Gasteiger partial charge on any atom is -0.354 e. The van der Waals surface area contributed by atoms with E-state index in [2.05, 4.69) is 285 Å². The molecule has 0 aliphatic carbocycles. The molecule has 2 N–H and O–H groups in total. The van der Waals surface area contributed by atoms with Crippen LogP contribution in [-0.2, 0) is 0 Å². The van der Waals surface area contributed by atoms with Crippen LogP contribution in [-0.4, -0.2) is 52.2 Å². The normalized spacial score (nSPS) is 12.1. The Labute approximate surface area is 507 Å². The van der Waals surface area contributed by atoms with Gasteiger partial charge < -0.3 is 9.97 Å². The van der Waals surface area contributed by atoms with E-state index >= 15 is 0 Å². The molecular weight excluding hydrogens is 1080 g/mol. The maximum atomic E-state index is 5.72. The number of nitrogens with zero attached hydrogens (tertiary/aromatic N) is 2. The summed E-state index contributed by atoms with van der Waals surface area (Å²) in [4.78, 5) is 19.5. The number of aromatic amines is 2. The monoisotopic (exact) mass is 1170 g/mol. The van der Waals surface area contributed by atoms with Gasteiger partial charge in [-0.05, 0) is 192 Å². The van der Waals surface area contributed by atoms with Gasteiger partial charge in [-0.2, -0.15) is 0 Å². The molecule has 426 valence electrons. The van der Waals surface area contributed by atoms with Crippen molar-refractivity contribution in [1.29, 1.82) is 0 Å². The first-order chi connectivity index (χ1) is 40.8. The van der Waals surface area contributed by atoms with Gasteiger partial charge in [-0.25, -0.2) is 9.97 Å². The van der Waals surface area contributed by atoms with Crippen LogP contribution in [0.25, 0.3) is 90.9 Å². The van der Waals surface area contributed by atoms with Crippen molar-refractivity contribution >= 4 is 78.7 Å². The van der Waals surface area contributed by atoms with Gasteiger partial charge in [0.05, 0.1) is 22.8 Å². The first-order valence-electron chi connectivity index (χ1n) is 31.6. The van der Waals surface area contributed by atoms with E-state index in [1.54, 1.807) is 0 Å². The van der Waals surface area contributed by atoms with Crippen LogP contribution >= 0.6 is 0 Å². The summed E-state index contributed by atoms with van der Waals surface area (Å²) in [5.41, 5.74) is 35.1. The molecule has 0 spiro atoms. The Bertz CT molecular complexity index is 3520. The molecule has 0 amide bonds. The molecule has 84 heavy (non-hydrogen) atoms. The van der Waals surface area contributed by atoms with E-state index in [1.165, 1.54) is 0 Å². The van der Waals surface area contributed by atoms with Crippen molar-refractivity contribution in [3.8, 4) is 90.4 Å². The van der Waals surface area contributed by atoms with Gasteiger partial charge in [-0.3, -0.25) is 0 Å². The van der Waals surface area contributed by atoms with Gasteiger partial charge >= 0.3 is 0 Å². The molecular formula is C76H86N4Si4. The third kappa shape index (κ3) is 13.0. The van der Waals surface area contributed by atoms with Gasteiger partial charge in [0.2, 0.25) is 0 Å². The van der Waals surface area contributed by atoms with E-state index in [0.29, 0.717) is 0 Å². The topological polar surface area (TPSA) is 57.4 Å². The fraction of sp³-hybridized carbons (Fsp3) is 0.316. The van der Waals surface area contributed by atoms with Crippen molar-refractivity contribution in [2.75, 3.05) is 0 Å². The molecule has 3 aromatic heterocycles. The number of fused-ring (bicyclic) bond motifs is 8. The number of aromatic nitrogens is 4. The van der Waals surface area contributed by atoms with Crippen molar-refractivity contribution in [1.82, 2.24) is 19.9 Å². The van der Waals surface area contributed by atoms with Crippen LogP contribution in [0.2, 0.25) is 72.5 Å². The Morgan fingerprint density at radius 3 is 0.679 bits per heavy atom. The zero-order valence-electron chi connectivity index (χ0n) is 52.2. The average molecular weight is 1170 g/mol. The van der Waals surface area contributed by atoms with Crippen LogP contribution in [0.4, 0.5) is 0 Å². The number of H-pyrrole nitrogens is 2. The zero-order valence-corrected chi connectivity index (χ0v) is 56.2. The highest BCUT2D eigenvalue weighted by Gasteiger charge is 2.28. The lowest BCUT2D eigenvalue weighted by Gasteiger charge is -2.20. The maximum absolute atomic E-state index is 5.72. The van der Waals surface area contributed by atoms with E-state index < -0.39 is 32.3 Å². The van der Waals surface area contributed by atoms with E-state index in [4.69, 9.17) is 9.97 Å². The number of rotatable bonds is 16. The third-order valence-electron chi connectivity index (χ3n) is 19.4. The summed E-state index contributed by atoms with van der Waals surface area (Å²) in [5, 5.41) is 0. The molecule has 2 aliphatic heterocycles. The van der Waals surface area contributed by atoms with Gasteiger partial charge in [0.25, 0.3) is 0 Å². The van der Waals surface area contributed by atoms with E-state index in [0.717, 1.165) is 184 Å². The van der Waals surface area contributed by atoms with Gasteiger partial charge in [0.1, 0.15) is 32.3 Å². The molecule has 7 aromatic rings. The van der Waals surface area contributed by atoms with E-state index in [1.807, 2.05) is 0 Å². The average Bonchev–Trinajstić information content (AvgIpc) is 2.54. The van der Waals surface area contributed by atoms with Crippen LogP contribution in [0, 0.1) is 45.9 Å². The first kappa shape index (κ1) is 61.2. The minimum absolute atomic E-state index is 0.870. The molecule has 4 aromatic carbocycles. The molecule has 0 atom stereocenters. The van der Waals surface area contributed by atoms with E-state index in [9.17, 15) is 0 Å². The fourth-order valence-corrected chi connectivity index (χ4v) is 22.1. The molecule has 2 aliphatic rings. The lowest BCUT2D eigenvalue weighted by atomic mass is 10.0. The maximum Gasteiger partial charge on any atom is 0.138 e. The second kappa shape index (κ2) is 27.1. The van der Waals surface area contributed by atoms with Crippen LogP contribution in [0.5, 0.6) is 0 Å². The fourth-order valence-electron chi connectivity index (χ4n) is 12.3. The molecule has 0 saturated heterocycles. The Morgan fingerprint density at radius 1 is 0.286 bits per heavy atom. The minimum atomic E-state index is -1.72. The van der Waals surface area contributed by atoms with Gasteiger partial charge in [-0.1, -0.05) is 155 Å². The molecule has 8 heteroatoms. The second-order valence-electron chi connectivity index (χ2n) is 23.2. The smallest absolute Gasteiger partial charge is 0.138 e. The van der Waals surface area contributed by atoms with Crippen molar-refractivity contribution in [3.05, 3.63) is 166 Å². The Hall–Kier alpha value is -7.41. The second-order valence-corrected chi connectivity index (χ2v) is 42.9. The number of hydrogen-bond donors (Lipinski definition) is 2. The molecule has 5 heterocycles. The molecule has 0 fully saturated rings. The highest BCUT2D eigenvalue weighted by Crippen LogP contribution is 2.40. The van der Waals surface area contributed by atoms with Crippen LogP contribution in [0.1, 0.15) is 128 Å². The van der Waals surface area contributed by atoms with Crippen molar-refractivity contribution in [2.45, 2.75) is 156 Å². The standard InChI is InChI=1S/C76H86N4Si4/c1-13-81(14-2,15-3)49-45-57-29-25-33-61(53-57)73-65-37-39-67(77-65)74(62-34-26-30-58(54-62)46-50-82(16-4,17-5)18-6)69-41-43-71(79-69)76(64-36-28-32-60(56-64)48-52-84(22-10,23-11)24-12)72-44-42-70(80-72)75(68-40-38-66(73)78-68)63-35-27-31-59(55-63)47-51-83(19-7,20-8)21-9/h25-44,53-56,77,80H,13-24H2,1-12H3. The third-order valence-corrected chi connectivity index (χ3v) is 38.2. The quantitative estimate of drug-likeness (QED) is 0.0748. The molecule has 8 bridgehead atoms. The highest BCUT2D eigenvalue weighted by molar-refractivity contribution is 6.88. The summed E-state index contributed by atoms with van der Waals surface area (Å²) in [7, 11) is -6.88. The Kier molecular flexibility index (Phi) is 19.7. The summed E-state index contributed by atoms with van der Waals surface area (Å²) in [6.07, 6.45) is 8.79. The Balaban J connectivity index is 1.41. The highest BCUT2D eigenvalue weighted by atomic mass is 28.3. The van der Waals surface area contributed by atoms with E-state index in [-0.39, 0.29) is 0 Å². The van der Waals surface area contributed by atoms with Crippen molar-refractivity contribution in [2.24, 2.45) is 0 Å². The zero-order chi connectivity index (χ0) is 59.5. The lowest BCUT2D eigenvalue weighted by molar-refractivity contribution is 1.20. The summed E-state index contributed by atoms with van der Waals surface area (Å²) < 4.78 is 0. The summed E-state index contributed by atoms with van der Waals surface area (Å²) >= 11 is 0. The number of hydrogen-bond acceptors (Lipinski definition) is 2. The molecule has 0 saturated carbocycles. The first-order valence-corrected chi connectivity index (χ1v) is 42.0. The molecule has 0 radical (unpaired) electrons. The molecule has 0 unspecified atom stereocenters. The predicted molar refractivity (Wildman–Crippen MR) is 377 cm³/mol. The summed E-state index contributed by atoms with van der Waals surface area (Å²) in [6.45, 7) is 27.9.